The van der Waals surface area contributed by atoms with Gasteiger partial charge in [0.15, 0.2) is 0 Å². The second-order valence-corrected chi connectivity index (χ2v) is 5.06. The predicted octanol–water partition coefficient (Wildman–Crippen LogP) is 2.81. The summed E-state index contributed by atoms with van der Waals surface area (Å²) >= 11 is 5.44. The highest BCUT2D eigenvalue weighted by Gasteiger charge is 2.11. The summed E-state index contributed by atoms with van der Waals surface area (Å²) in [6, 6.07) is 5.29. The molecule has 0 saturated carbocycles. The molecule has 78 valence electrons. The zero-order chi connectivity index (χ0) is 11.4. The number of nitrogens with one attached hydrogen (secondary N) is 1. The molecule has 1 atom stereocenters. The molecular weight excluding hydrogens is 369 g/mol. The van der Waals surface area contributed by atoms with Gasteiger partial charge in [0.2, 0.25) is 0 Å². The van der Waals surface area contributed by atoms with Crippen molar-refractivity contribution in [2.45, 2.75) is 13.0 Å². The van der Waals surface area contributed by atoms with E-state index in [1.165, 1.54) is 0 Å². The summed E-state index contributed by atoms with van der Waals surface area (Å²) in [7, 11) is 0. The number of halogens is 2. The van der Waals surface area contributed by atoms with E-state index in [-0.39, 0.29) is 11.9 Å². The van der Waals surface area contributed by atoms with Gasteiger partial charge in [-0.25, -0.2) is 0 Å². The molecule has 1 aromatic carbocycles. The minimum Gasteiger partial charge on any atom is -0.339 e. The molecule has 15 heavy (non-hydrogen) atoms. The number of amides is 1. The Balaban J connectivity index is 2.92. The SMILES string of the molecule is C#CC(C)NC(=O)c1cc(Br)ccc1I. The monoisotopic (exact) mass is 377 g/mol. The van der Waals surface area contributed by atoms with Crippen molar-refractivity contribution in [2.75, 3.05) is 0 Å². The highest BCUT2D eigenvalue weighted by molar-refractivity contribution is 14.1. The second-order valence-electron chi connectivity index (χ2n) is 2.99. The quantitative estimate of drug-likeness (QED) is 0.623. The van der Waals surface area contributed by atoms with Gasteiger partial charge in [0, 0.05) is 8.04 Å². The van der Waals surface area contributed by atoms with Crippen molar-refractivity contribution < 1.29 is 4.79 Å². The third-order valence-corrected chi connectivity index (χ3v) is 3.20. The highest BCUT2D eigenvalue weighted by atomic mass is 127. The summed E-state index contributed by atoms with van der Waals surface area (Å²) in [5, 5.41) is 2.71. The third-order valence-electron chi connectivity index (χ3n) is 1.77. The van der Waals surface area contributed by atoms with Crippen LogP contribution in [0.5, 0.6) is 0 Å². The fourth-order valence-electron chi connectivity index (χ4n) is 0.988. The molecule has 0 aliphatic rings. The van der Waals surface area contributed by atoms with Crippen molar-refractivity contribution in [3.05, 3.63) is 31.8 Å². The highest BCUT2D eigenvalue weighted by Crippen LogP contribution is 2.18. The summed E-state index contributed by atoms with van der Waals surface area (Å²) in [5.74, 6) is 2.31. The number of terminal acetylenes is 1. The number of rotatable bonds is 2. The van der Waals surface area contributed by atoms with Gasteiger partial charge in [-0.15, -0.1) is 6.42 Å². The molecule has 0 aromatic heterocycles. The molecule has 0 fully saturated rings. The second kappa shape index (κ2) is 5.52. The van der Waals surface area contributed by atoms with Crippen LogP contribution in [0.3, 0.4) is 0 Å². The lowest BCUT2D eigenvalue weighted by Gasteiger charge is -2.09. The van der Waals surface area contributed by atoms with Crippen LogP contribution < -0.4 is 5.32 Å². The molecule has 2 nitrogen and oxygen atoms in total. The lowest BCUT2D eigenvalue weighted by atomic mass is 10.2. The standard InChI is InChI=1S/C11H9BrINO/c1-3-7(2)14-11(15)9-6-8(12)4-5-10(9)13/h1,4-7H,2H3,(H,14,15). The van der Waals surface area contributed by atoms with Crippen molar-refractivity contribution in [3.8, 4) is 12.3 Å². The number of hydrogen-bond donors (Lipinski definition) is 1. The first-order valence-electron chi connectivity index (χ1n) is 4.26. The molecule has 0 saturated heterocycles. The first-order valence-corrected chi connectivity index (χ1v) is 6.14. The Morgan fingerprint density at radius 1 is 1.67 bits per heavy atom. The lowest BCUT2D eigenvalue weighted by molar-refractivity contribution is 0.0947. The van der Waals surface area contributed by atoms with E-state index in [0.29, 0.717) is 5.56 Å². The molecule has 4 heteroatoms. The number of benzene rings is 1. The number of carbonyl (C=O) groups excluding carboxylic acids is 1. The maximum atomic E-state index is 11.8. The Morgan fingerprint density at radius 2 is 2.33 bits per heavy atom. The van der Waals surface area contributed by atoms with Crippen molar-refractivity contribution in [1.29, 1.82) is 0 Å². The third kappa shape index (κ3) is 3.50. The van der Waals surface area contributed by atoms with E-state index in [4.69, 9.17) is 6.42 Å². The average molecular weight is 378 g/mol. The zero-order valence-corrected chi connectivity index (χ0v) is 11.8. The van der Waals surface area contributed by atoms with Crippen LogP contribution >= 0.6 is 38.5 Å². The van der Waals surface area contributed by atoms with Gasteiger partial charge in [0.05, 0.1) is 11.6 Å². The van der Waals surface area contributed by atoms with E-state index in [2.05, 4.69) is 49.8 Å². The lowest BCUT2D eigenvalue weighted by Crippen LogP contribution is -2.31. The van der Waals surface area contributed by atoms with Crippen molar-refractivity contribution in [3.63, 3.8) is 0 Å². The van der Waals surface area contributed by atoms with Crippen LogP contribution in [0.2, 0.25) is 0 Å². The van der Waals surface area contributed by atoms with E-state index in [1.807, 2.05) is 12.1 Å². The van der Waals surface area contributed by atoms with Gasteiger partial charge in [-0.2, -0.15) is 0 Å². The molecule has 0 radical (unpaired) electrons. The Kier molecular flexibility index (Phi) is 4.61. The van der Waals surface area contributed by atoms with Gasteiger partial charge in [0.25, 0.3) is 5.91 Å². The Hall–Kier alpha value is -0.540. The summed E-state index contributed by atoms with van der Waals surface area (Å²) in [6.45, 7) is 1.77. The topological polar surface area (TPSA) is 29.1 Å². The Bertz CT molecular complexity index is 425. The molecule has 0 heterocycles. The van der Waals surface area contributed by atoms with Gasteiger partial charge >= 0.3 is 0 Å². The Morgan fingerprint density at radius 3 is 2.93 bits per heavy atom. The summed E-state index contributed by atoms with van der Waals surface area (Å²) in [4.78, 5) is 11.8. The zero-order valence-electron chi connectivity index (χ0n) is 8.05. The molecule has 0 aliphatic heterocycles. The van der Waals surface area contributed by atoms with Crippen molar-refractivity contribution in [1.82, 2.24) is 5.32 Å². The maximum Gasteiger partial charge on any atom is 0.253 e. The molecule has 0 aliphatic carbocycles. The van der Waals surface area contributed by atoms with Crippen molar-refractivity contribution >= 4 is 44.4 Å². The first-order chi connectivity index (χ1) is 7.04. The van der Waals surface area contributed by atoms with E-state index in [0.717, 1.165) is 8.04 Å². The van der Waals surface area contributed by atoms with Crippen LogP contribution in [0.4, 0.5) is 0 Å². The molecule has 1 amide bonds. The molecule has 1 N–H and O–H groups in total. The van der Waals surface area contributed by atoms with Gasteiger partial charge < -0.3 is 5.32 Å². The van der Waals surface area contributed by atoms with E-state index >= 15 is 0 Å². The van der Waals surface area contributed by atoms with E-state index < -0.39 is 0 Å². The predicted molar refractivity (Wildman–Crippen MR) is 72.6 cm³/mol. The van der Waals surface area contributed by atoms with Gasteiger partial charge in [-0.3, -0.25) is 4.79 Å². The minimum absolute atomic E-state index is 0.147. The van der Waals surface area contributed by atoms with Gasteiger partial charge in [-0.1, -0.05) is 21.9 Å². The van der Waals surface area contributed by atoms with E-state index in [9.17, 15) is 4.79 Å². The van der Waals surface area contributed by atoms with Crippen LogP contribution in [0.1, 0.15) is 17.3 Å². The van der Waals surface area contributed by atoms with Crippen LogP contribution in [0, 0.1) is 15.9 Å². The molecule has 0 bridgehead atoms. The first kappa shape index (κ1) is 12.5. The molecule has 1 unspecified atom stereocenters. The van der Waals surface area contributed by atoms with Crippen LogP contribution in [-0.4, -0.2) is 11.9 Å². The van der Waals surface area contributed by atoms with Crippen LogP contribution in [0.25, 0.3) is 0 Å². The smallest absolute Gasteiger partial charge is 0.253 e. The molecule has 0 spiro atoms. The summed E-state index contributed by atoms with van der Waals surface area (Å²) in [6.07, 6.45) is 5.19. The Labute approximate surface area is 111 Å². The minimum atomic E-state index is -0.257. The van der Waals surface area contributed by atoms with Gasteiger partial charge in [0.1, 0.15) is 0 Å². The van der Waals surface area contributed by atoms with E-state index in [1.54, 1.807) is 13.0 Å². The van der Waals surface area contributed by atoms with Crippen molar-refractivity contribution in [2.24, 2.45) is 0 Å². The number of hydrogen-bond acceptors (Lipinski definition) is 1. The molecular formula is C11H9BrINO. The van der Waals surface area contributed by atoms with Crippen LogP contribution in [-0.2, 0) is 0 Å². The summed E-state index contributed by atoms with van der Waals surface area (Å²) < 4.78 is 1.78. The van der Waals surface area contributed by atoms with Crippen LogP contribution in [0.15, 0.2) is 22.7 Å². The maximum absolute atomic E-state index is 11.8. The fraction of sp³-hybridized carbons (Fsp3) is 0.182. The largest absolute Gasteiger partial charge is 0.339 e. The number of carbonyl (C=O) groups is 1. The molecule has 1 rings (SSSR count). The summed E-state index contributed by atoms with van der Waals surface area (Å²) in [5.41, 5.74) is 0.632. The molecule has 1 aromatic rings. The average Bonchev–Trinajstić information content (AvgIpc) is 2.21. The fourth-order valence-corrected chi connectivity index (χ4v) is 1.93. The normalized spacial score (nSPS) is 11.6. The van der Waals surface area contributed by atoms with Gasteiger partial charge in [-0.05, 0) is 47.7 Å².